The number of aromatic nitrogens is 1. The lowest BCUT2D eigenvalue weighted by Gasteiger charge is -2.10. The lowest BCUT2D eigenvalue weighted by Crippen LogP contribution is -2.28. The van der Waals surface area contributed by atoms with Crippen LogP contribution in [0.2, 0.25) is 0 Å². The van der Waals surface area contributed by atoms with Crippen LogP contribution in [-0.4, -0.2) is 26.1 Å². The number of oxazole rings is 1. The molecular formula is C18H20N2O5S. The highest BCUT2D eigenvalue weighted by Gasteiger charge is 2.16. The number of ether oxygens (including phenoxy) is 1. The summed E-state index contributed by atoms with van der Waals surface area (Å²) >= 11 is 0. The van der Waals surface area contributed by atoms with Crippen LogP contribution in [0, 0.1) is 13.8 Å². The molecule has 0 unspecified atom stereocenters. The Labute approximate surface area is 151 Å². The molecule has 0 radical (unpaired) electrons. The van der Waals surface area contributed by atoms with Gasteiger partial charge in [-0.15, -0.1) is 0 Å². The van der Waals surface area contributed by atoms with Crippen LogP contribution in [0.4, 0.5) is 0 Å². The van der Waals surface area contributed by atoms with Crippen LogP contribution >= 0.6 is 0 Å². The predicted octanol–water partition coefficient (Wildman–Crippen LogP) is 2.11. The molecule has 2 aromatic carbocycles. The first-order chi connectivity index (χ1) is 12.3. The molecule has 1 aromatic heterocycles. The predicted molar refractivity (Wildman–Crippen MR) is 98.1 cm³/mol. The Morgan fingerprint density at radius 3 is 2.50 bits per heavy atom. The summed E-state index contributed by atoms with van der Waals surface area (Å²) in [6.07, 6.45) is 0. The lowest BCUT2D eigenvalue weighted by atomic mass is 10.1. The van der Waals surface area contributed by atoms with E-state index in [1.807, 2.05) is 32.0 Å². The van der Waals surface area contributed by atoms with E-state index in [2.05, 4.69) is 4.72 Å². The van der Waals surface area contributed by atoms with E-state index >= 15 is 0 Å². The second-order valence-corrected chi connectivity index (χ2v) is 7.89. The van der Waals surface area contributed by atoms with E-state index in [4.69, 9.17) is 9.15 Å². The van der Waals surface area contributed by atoms with Gasteiger partial charge in [-0.05, 0) is 55.3 Å². The number of nitrogens with zero attached hydrogens (tertiary/aromatic N) is 1. The third-order valence-electron chi connectivity index (χ3n) is 3.93. The Hall–Kier alpha value is -2.58. The maximum Gasteiger partial charge on any atom is 0.419 e. The van der Waals surface area contributed by atoms with Crippen molar-refractivity contribution in [3.63, 3.8) is 0 Å². The highest BCUT2D eigenvalue weighted by Crippen LogP contribution is 2.18. The van der Waals surface area contributed by atoms with Crippen molar-refractivity contribution in [2.24, 2.45) is 7.05 Å². The third kappa shape index (κ3) is 3.81. The summed E-state index contributed by atoms with van der Waals surface area (Å²) in [4.78, 5) is 11.6. The van der Waals surface area contributed by atoms with E-state index in [1.54, 1.807) is 0 Å². The van der Waals surface area contributed by atoms with Crippen LogP contribution in [0.5, 0.6) is 5.75 Å². The molecule has 1 N–H and O–H groups in total. The average Bonchev–Trinajstić information content (AvgIpc) is 2.85. The molecule has 0 amide bonds. The molecule has 3 rings (SSSR count). The Kier molecular flexibility index (Phi) is 4.88. The first kappa shape index (κ1) is 18.2. The molecule has 0 aliphatic heterocycles. The van der Waals surface area contributed by atoms with Crippen LogP contribution in [0.15, 0.2) is 50.5 Å². The monoisotopic (exact) mass is 376 g/mol. The zero-order valence-corrected chi connectivity index (χ0v) is 15.6. The van der Waals surface area contributed by atoms with Crippen LogP contribution in [-0.2, 0) is 17.1 Å². The molecule has 7 nitrogen and oxygen atoms in total. The van der Waals surface area contributed by atoms with Gasteiger partial charge >= 0.3 is 5.76 Å². The average molecular weight is 376 g/mol. The van der Waals surface area contributed by atoms with Crippen molar-refractivity contribution in [3.8, 4) is 5.75 Å². The van der Waals surface area contributed by atoms with Gasteiger partial charge in [-0.3, -0.25) is 4.57 Å². The number of nitrogens with one attached hydrogen (secondary N) is 1. The van der Waals surface area contributed by atoms with Gasteiger partial charge in [0, 0.05) is 13.6 Å². The van der Waals surface area contributed by atoms with Crippen LogP contribution in [0.3, 0.4) is 0 Å². The summed E-state index contributed by atoms with van der Waals surface area (Å²) in [5, 5.41) is 0. The Morgan fingerprint density at radius 1 is 1.12 bits per heavy atom. The first-order valence-electron chi connectivity index (χ1n) is 8.06. The third-order valence-corrected chi connectivity index (χ3v) is 5.39. The maximum absolute atomic E-state index is 12.4. The second kappa shape index (κ2) is 6.97. The van der Waals surface area contributed by atoms with Gasteiger partial charge in [-0.1, -0.05) is 6.07 Å². The zero-order chi connectivity index (χ0) is 18.9. The molecule has 0 bridgehead atoms. The van der Waals surface area contributed by atoms with E-state index in [-0.39, 0.29) is 18.0 Å². The number of hydrogen-bond donors (Lipinski definition) is 1. The molecule has 0 aliphatic carbocycles. The number of rotatable bonds is 6. The van der Waals surface area contributed by atoms with Crippen molar-refractivity contribution >= 4 is 21.1 Å². The zero-order valence-electron chi connectivity index (χ0n) is 14.8. The highest BCUT2D eigenvalue weighted by molar-refractivity contribution is 7.89. The van der Waals surface area contributed by atoms with Crippen molar-refractivity contribution in [1.82, 2.24) is 9.29 Å². The Bertz CT molecular complexity index is 1090. The van der Waals surface area contributed by atoms with E-state index in [9.17, 15) is 13.2 Å². The van der Waals surface area contributed by atoms with Crippen LogP contribution in [0.1, 0.15) is 11.1 Å². The van der Waals surface area contributed by atoms with Crippen molar-refractivity contribution in [2.75, 3.05) is 13.2 Å². The Morgan fingerprint density at radius 2 is 1.81 bits per heavy atom. The van der Waals surface area contributed by atoms with Crippen molar-refractivity contribution in [2.45, 2.75) is 18.7 Å². The number of fused-ring (bicyclic) bond motifs is 1. The number of sulfonamides is 1. The van der Waals surface area contributed by atoms with Gasteiger partial charge in [-0.25, -0.2) is 17.9 Å². The molecule has 3 aromatic rings. The highest BCUT2D eigenvalue weighted by atomic mass is 32.2. The summed E-state index contributed by atoms with van der Waals surface area (Å²) in [6.45, 7) is 4.27. The summed E-state index contributed by atoms with van der Waals surface area (Å²) in [6, 6.07) is 10.1. The molecule has 0 spiro atoms. The van der Waals surface area contributed by atoms with Gasteiger partial charge in [0.15, 0.2) is 5.58 Å². The first-order valence-corrected chi connectivity index (χ1v) is 9.55. The normalized spacial score (nSPS) is 11.8. The van der Waals surface area contributed by atoms with Crippen LogP contribution in [0.25, 0.3) is 11.1 Å². The number of aryl methyl sites for hydroxylation is 3. The minimum absolute atomic E-state index is 0.0628. The van der Waals surface area contributed by atoms with Crippen molar-refractivity contribution in [3.05, 3.63) is 58.1 Å². The smallest absolute Gasteiger partial charge is 0.419 e. The molecule has 8 heteroatoms. The molecule has 0 atom stereocenters. The summed E-state index contributed by atoms with van der Waals surface area (Å²) < 4.78 is 39.2. The topological polar surface area (TPSA) is 90.5 Å². The molecule has 0 aliphatic rings. The number of hydrogen-bond acceptors (Lipinski definition) is 5. The summed E-state index contributed by atoms with van der Waals surface area (Å²) in [7, 11) is -2.19. The summed E-state index contributed by atoms with van der Waals surface area (Å²) in [5.41, 5.74) is 2.93. The molecular weight excluding hydrogens is 356 g/mol. The largest absolute Gasteiger partial charge is 0.492 e. The Balaban J connectivity index is 1.67. The van der Waals surface area contributed by atoms with Gasteiger partial charge in [0.05, 0.1) is 10.4 Å². The quantitative estimate of drug-likeness (QED) is 0.666. The minimum Gasteiger partial charge on any atom is -0.492 e. The van der Waals surface area contributed by atoms with Crippen LogP contribution < -0.4 is 15.2 Å². The maximum atomic E-state index is 12.4. The van der Waals surface area contributed by atoms with Gasteiger partial charge in [-0.2, -0.15) is 0 Å². The van der Waals surface area contributed by atoms with E-state index < -0.39 is 15.8 Å². The van der Waals surface area contributed by atoms with Gasteiger partial charge < -0.3 is 9.15 Å². The van der Waals surface area contributed by atoms with Gasteiger partial charge in [0.25, 0.3) is 0 Å². The van der Waals surface area contributed by atoms with Crippen molar-refractivity contribution < 1.29 is 17.6 Å². The molecule has 138 valence electrons. The molecule has 26 heavy (non-hydrogen) atoms. The molecule has 0 fully saturated rings. The molecule has 1 heterocycles. The molecule has 0 saturated heterocycles. The summed E-state index contributed by atoms with van der Waals surface area (Å²) in [5.74, 6) is 0.167. The standard InChI is InChI=1S/C18H20N2O5S/c1-12-8-13(2)10-14(9-12)24-7-6-19-26(22,23)15-4-5-17-16(11-15)20(3)18(21)25-17/h4-5,8-11,19H,6-7H2,1-3H3. The minimum atomic E-state index is -3.72. The van der Waals surface area contributed by atoms with E-state index in [0.29, 0.717) is 16.8 Å². The van der Waals surface area contributed by atoms with Gasteiger partial charge in [0.1, 0.15) is 12.4 Å². The fraction of sp³-hybridized carbons (Fsp3) is 0.278. The molecule has 0 saturated carbocycles. The SMILES string of the molecule is Cc1cc(C)cc(OCCNS(=O)(=O)c2ccc3oc(=O)n(C)c3c2)c1. The van der Waals surface area contributed by atoms with E-state index in [0.717, 1.165) is 11.1 Å². The fourth-order valence-corrected chi connectivity index (χ4v) is 3.75. The van der Waals surface area contributed by atoms with E-state index in [1.165, 1.54) is 29.8 Å². The fourth-order valence-electron chi connectivity index (χ4n) is 2.72. The second-order valence-electron chi connectivity index (χ2n) is 6.13. The number of benzene rings is 2. The lowest BCUT2D eigenvalue weighted by molar-refractivity contribution is 0.322. The van der Waals surface area contributed by atoms with Gasteiger partial charge in [0.2, 0.25) is 10.0 Å². The van der Waals surface area contributed by atoms with Crippen molar-refractivity contribution in [1.29, 1.82) is 0 Å².